The highest BCUT2D eigenvalue weighted by Gasteiger charge is 2.39. The van der Waals surface area contributed by atoms with Crippen molar-refractivity contribution in [2.75, 3.05) is 26.5 Å². The number of hydrogen-bond acceptors (Lipinski definition) is 6. The summed E-state index contributed by atoms with van der Waals surface area (Å²) >= 11 is 2.95. The maximum absolute atomic E-state index is 12.5. The average molecular weight is 329 g/mol. The zero-order chi connectivity index (χ0) is 15.5. The fourth-order valence-corrected chi connectivity index (χ4v) is 4.15. The lowest BCUT2D eigenvalue weighted by molar-refractivity contribution is 0.0720. The summed E-state index contributed by atoms with van der Waals surface area (Å²) in [7, 11) is 1.56. The van der Waals surface area contributed by atoms with Crippen LogP contribution in [0, 0.1) is 0 Å². The molecule has 0 aromatic carbocycles. The van der Waals surface area contributed by atoms with Crippen LogP contribution in [0.2, 0.25) is 0 Å². The number of oxime groups is 1. The van der Waals surface area contributed by atoms with E-state index in [4.69, 9.17) is 15.7 Å². The molecular weight excluding hydrogens is 310 g/mol. The molecule has 0 saturated carbocycles. The Morgan fingerprint density at radius 2 is 2.24 bits per heavy atom. The van der Waals surface area contributed by atoms with Crippen molar-refractivity contribution in [1.29, 1.82) is 0 Å². The first-order valence-corrected chi connectivity index (χ1v) is 8.62. The van der Waals surface area contributed by atoms with Crippen molar-refractivity contribution in [1.82, 2.24) is 4.90 Å². The van der Waals surface area contributed by atoms with E-state index >= 15 is 0 Å². The van der Waals surface area contributed by atoms with Crippen LogP contribution < -0.4 is 10.5 Å². The van der Waals surface area contributed by atoms with Gasteiger partial charge in [-0.1, -0.05) is 5.16 Å². The summed E-state index contributed by atoms with van der Waals surface area (Å²) in [5.74, 6) is 0.829. The first kappa shape index (κ1) is 16.0. The number of nitrogens with two attached hydrogens (primary N) is 1. The van der Waals surface area contributed by atoms with Crippen LogP contribution in [-0.2, 0) is 0 Å². The molecule has 0 radical (unpaired) electrons. The minimum absolute atomic E-state index is 0.0175. The summed E-state index contributed by atoms with van der Waals surface area (Å²) in [4.78, 5) is 14.9. The SMILES string of the molecule is COc1ccsc1C(=O)N1CCC(SC)(/C(N)=N/O)CC1. The van der Waals surface area contributed by atoms with Gasteiger partial charge in [-0.3, -0.25) is 4.79 Å². The van der Waals surface area contributed by atoms with Crippen molar-refractivity contribution in [2.24, 2.45) is 10.9 Å². The van der Waals surface area contributed by atoms with Crippen molar-refractivity contribution < 1.29 is 14.7 Å². The Hall–Kier alpha value is -1.41. The van der Waals surface area contributed by atoms with E-state index in [2.05, 4.69) is 5.16 Å². The quantitative estimate of drug-likeness (QED) is 0.381. The summed E-state index contributed by atoms with van der Waals surface area (Å²) in [6.45, 7) is 1.16. The van der Waals surface area contributed by atoms with Gasteiger partial charge in [-0.05, 0) is 30.5 Å². The molecule has 1 fully saturated rings. The van der Waals surface area contributed by atoms with E-state index in [0.29, 0.717) is 36.6 Å². The fraction of sp³-hybridized carbons (Fsp3) is 0.538. The van der Waals surface area contributed by atoms with E-state index in [1.54, 1.807) is 29.8 Å². The molecule has 116 valence electrons. The summed E-state index contributed by atoms with van der Waals surface area (Å²) in [6, 6.07) is 1.80. The van der Waals surface area contributed by atoms with Gasteiger partial charge in [0.15, 0.2) is 5.84 Å². The Morgan fingerprint density at radius 3 is 2.76 bits per heavy atom. The van der Waals surface area contributed by atoms with Gasteiger partial charge in [-0.25, -0.2) is 0 Å². The smallest absolute Gasteiger partial charge is 0.267 e. The summed E-state index contributed by atoms with van der Waals surface area (Å²) < 4.78 is 4.82. The van der Waals surface area contributed by atoms with Crippen LogP contribution in [0.1, 0.15) is 22.5 Å². The number of piperidine rings is 1. The molecule has 0 bridgehead atoms. The van der Waals surface area contributed by atoms with Crippen LogP contribution in [0.25, 0.3) is 0 Å². The molecule has 1 aliphatic rings. The van der Waals surface area contributed by atoms with E-state index in [1.807, 2.05) is 11.6 Å². The number of amides is 1. The van der Waals surface area contributed by atoms with Crippen molar-refractivity contribution in [3.05, 3.63) is 16.3 Å². The third-order valence-electron chi connectivity index (χ3n) is 3.87. The number of amidine groups is 1. The predicted molar refractivity (Wildman–Crippen MR) is 85.7 cm³/mol. The van der Waals surface area contributed by atoms with E-state index < -0.39 is 0 Å². The number of likely N-dealkylation sites (tertiary alicyclic amines) is 1. The van der Waals surface area contributed by atoms with Gasteiger partial charge in [-0.15, -0.1) is 11.3 Å². The van der Waals surface area contributed by atoms with Gasteiger partial charge in [0.25, 0.3) is 5.91 Å². The van der Waals surface area contributed by atoms with Crippen LogP contribution in [0.5, 0.6) is 5.75 Å². The van der Waals surface area contributed by atoms with E-state index in [0.717, 1.165) is 0 Å². The lowest BCUT2D eigenvalue weighted by atomic mass is 9.94. The van der Waals surface area contributed by atoms with E-state index in [-0.39, 0.29) is 16.5 Å². The number of hydrogen-bond donors (Lipinski definition) is 2. The van der Waals surface area contributed by atoms with Crippen molar-refractivity contribution in [3.63, 3.8) is 0 Å². The highest BCUT2D eigenvalue weighted by molar-refractivity contribution is 8.00. The number of carbonyl (C=O) groups is 1. The van der Waals surface area contributed by atoms with Crippen LogP contribution >= 0.6 is 23.1 Å². The zero-order valence-corrected chi connectivity index (χ0v) is 13.7. The topological polar surface area (TPSA) is 88.2 Å². The van der Waals surface area contributed by atoms with Crippen LogP contribution in [0.15, 0.2) is 16.6 Å². The van der Waals surface area contributed by atoms with Crippen molar-refractivity contribution >= 4 is 34.8 Å². The summed E-state index contributed by atoms with van der Waals surface area (Å²) in [5, 5.41) is 13.9. The molecule has 1 aromatic heterocycles. The highest BCUT2D eigenvalue weighted by atomic mass is 32.2. The van der Waals surface area contributed by atoms with Gasteiger partial charge in [-0.2, -0.15) is 11.8 Å². The molecule has 8 heteroatoms. The van der Waals surface area contributed by atoms with Crippen LogP contribution in [-0.4, -0.2) is 53.1 Å². The molecule has 6 nitrogen and oxygen atoms in total. The summed E-state index contributed by atoms with van der Waals surface area (Å²) in [6.07, 6.45) is 3.28. The molecule has 2 rings (SSSR count). The van der Waals surface area contributed by atoms with Crippen LogP contribution in [0.3, 0.4) is 0 Å². The van der Waals surface area contributed by atoms with Crippen molar-refractivity contribution in [3.8, 4) is 5.75 Å². The van der Waals surface area contributed by atoms with Gasteiger partial charge < -0.3 is 20.6 Å². The highest BCUT2D eigenvalue weighted by Crippen LogP contribution is 2.36. The molecule has 0 spiro atoms. The third kappa shape index (κ3) is 2.96. The number of carbonyl (C=O) groups excluding carboxylic acids is 1. The van der Waals surface area contributed by atoms with Gasteiger partial charge in [0.2, 0.25) is 0 Å². The second-order valence-corrected chi connectivity index (χ2v) is 6.90. The number of ether oxygens (including phenoxy) is 1. The molecule has 1 saturated heterocycles. The Morgan fingerprint density at radius 1 is 1.57 bits per heavy atom. The van der Waals surface area contributed by atoms with Crippen molar-refractivity contribution in [2.45, 2.75) is 17.6 Å². The number of nitrogens with zero attached hydrogens (tertiary/aromatic N) is 2. The molecule has 1 amide bonds. The first-order chi connectivity index (χ1) is 10.1. The minimum Gasteiger partial charge on any atom is -0.495 e. The monoisotopic (exact) mass is 329 g/mol. The largest absolute Gasteiger partial charge is 0.495 e. The second kappa shape index (κ2) is 6.57. The number of rotatable bonds is 4. The predicted octanol–water partition coefficient (Wildman–Crippen LogP) is 1.84. The fourth-order valence-electron chi connectivity index (χ4n) is 2.48. The molecule has 0 aliphatic carbocycles. The Kier molecular flexibility index (Phi) is 5.00. The molecule has 3 N–H and O–H groups in total. The lowest BCUT2D eigenvalue weighted by Gasteiger charge is -2.39. The molecule has 1 aromatic rings. The molecule has 0 atom stereocenters. The Balaban J connectivity index is 2.09. The zero-order valence-electron chi connectivity index (χ0n) is 12.0. The Bertz CT molecular complexity index is 537. The maximum Gasteiger partial charge on any atom is 0.267 e. The number of thioether (sulfide) groups is 1. The van der Waals surface area contributed by atoms with Gasteiger partial charge in [0.1, 0.15) is 10.6 Å². The van der Waals surface area contributed by atoms with Gasteiger partial charge in [0, 0.05) is 13.1 Å². The second-order valence-electron chi connectivity index (χ2n) is 4.79. The third-order valence-corrected chi connectivity index (χ3v) is 6.15. The number of methoxy groups -OCH3 is 1. The average Bonchev–Trinajstić information content (AvgIpc) is 3.02. The standard InChI is InChI=1S/C13H19N3O3S2/c1-19-9-3-8-21-10(9)11(17)16-6-4-13(20-2,5-7-16)12(14)15-18/h3,8,18H,4-7H2,1-2H3,(H2,14,15). The maximum atomic E-state index is 12.5. The summed E-state index contributed by atoms with van der Waals surface area (Å²) in [5.41, 5.74) is 5.81. The Labute approximate surface area is 131 Å². The molecule has 2 heterocycles. The van der Waals surface area contributed by atoms with Gasteiger partial charge >= 0.3 is 0 Å². The van der Waals surface area contributed by atoms with Gasteiger partial charge in [0.05, 0.1) is 11.9 Å². The minimum atomic E-state index is -0.384. The molecule has 21 heavy (non-hydrogen) atoms. The van der Waals surface area contributed by atoms with Crippen LogP contribution in [0.4, 0.5) is 0 Å². The molecular formula is C13H19N3O3S2. The lowest BCUT2D eigenvalue weighted by Crippen LogP contribution is -2.51. The number of thiophene rings is 1. The molecule has 1 aliphatic heterocycles. The molecule has 0 unspecified atom stereocenters. The first-order valence-electron chi connectivity index (χ1n) is 6.52. The normalized spacial score (nSPS) is 18.6. The van der Waals surface area contributed by atoms with E-state index in [9.17, 15) is 4.79 Å². The van der Waals surface area contributed by atoms with E-state index in [1.165, 1.54) is 11.3 Å².